The zero-order valence-electron chi connectivity index (χ0n) is 10.2. The zero-order chi connectivity index (χ0) is 12.4. The van der Waals surface area contributed by atoms with Gasteiger partial charge in [-0.1, -0.05) is 30.3 Å². The van der Waals surface area contributed by atoms with E-state index in [-0.39, 0.29) is 0 Å². The Morgan fingerprint density at radius 1 is 1.33 bits per heavy atom. The Kier molecular flexibility index (Phi) is 2.98. The fraction of sp³-hybridized carbons (Fsp3) is 0.385. The molecule has 1 aromatic carbocycles. The zero-order valence-corrected chi connectivity index (χ0v) is 10.2. The van der Waals surface area contributed by atoms with Crippen LogP contribution in [0.25, 0.3) is 0 Å². The Bertz CT molecular complexity index is 519. The van der Waals surface area contributed by atoms with E-state index < -0.39 is 0 Å². The predicted molar refractivity (Wildman–Crippen MR) is 70.5 cm³/mol. The number of anilines is 1. The lowest BCUT2D eigenvalue weighted by molar-refractivity contribution is 0.500. The van der Waals surface area contributed by atoms with Gasteiger partial charge in [-0.3, -0.25) is 0 Å². The van der Waals surface area contributed by atoms with Crippen molar-refractivity contribution in [3.05, 3.63) is 41.7 Å². The number of hydrogen-bond acceptors (Lipinski definition) is 4. The lowest BCUT2D eigenvalue weighted by Gasteiger charge is -2.23. The molecule has 0 saturated carbocycles. The molecule has 2 aromatic rings. The fourth-order valence-electron chi connectivity index (χ4n) is 2.32. The lowest BCUT2D eigenvalue weighted by Crippen LogP contribution is -2.26. The molecule has 0 aliphatic carbocycles. The van der Waals surface area contributed by atoms with Crippen LogP contribution in [0.4, 0.5) is 5.95 Å². The van der Waals surface area contributed by atoms with Crippen LogP contribution in [-0.4, -0.2) is 27.9 Å². The third-order valence-corrected chi connectivity index (χ3v) is 3.25. The number of fused-ring (bicyclic) bond motifs is 1. The lowest BCUT2D eigenvalue weighted by atomic mass is 9.98. The average molecular weight is 243 g/mol. The van der Waals surface area contributed by atoms with Crippen LogP contribution < -0.4 is 11.1 Å². The number of rotatable bonds is 3. The predicted octanol–water partition coefficient (Wildman–Crippen LogP) is 0.989. The van der Waals surface area contributed by atoms with Crippen molar-refractivity contribution in [3.63, 3.8) is 0 Å². The van der Waals surface area contributed by atoms with Gasteiger partial charge in [-0.2, -0.15) is 10.1 Å². The van der Waals surface area contributed by atoms with E-state index in [2.05, 4.69) is 39.7 Å². The normalized spacial score (nSPS) is 18.2. The molecule has 0 fully saturated rings. The van der Waals surface area contributed by atoms with Gasteiger partial charge in [0.2, 0.25) is 5.95 Å². The van der Waals surface area contributed by atoms with Crippen molar-refractivity contribution < 1.29 is 0 Å². The van der Waals surface area contributed by atoms with Crippen molar-refractivity contribution in [2.75, 3.05) is 18.4 Å². The highest BCUT2D eigenvalue weighted by molar-refractivity contribution is 5.32. The van der Waals surface area contributed by atoms with E-state index in [4.69, 9.17) is 5.73 Å². The Morgan fingerprint density at radius 2 is 2.17 bits per heavy atom. The molecule has 5 heteroatoms. The van der Waals surface area contributed by atoms with Gasteiger partial charge in [0.1, 0.15) is 0 Å². The first kappa shape index (κ1) is 11.2. The van der Waals surface area contributed by atoms with Gasteiger partial charge in [-0.05, 0) is 12.1 Å². The highest BCUT2D eigenvalue weighted by Gasteiger charge is 2.21. The molecule has 1 atom stereocenters. The minimum absolute atomic E-state index is 0.450. The first-order chi connectivity index (χ1) is 8.86. The molecule has 1 aromatic heterocycles. The monoisotopic (exact) mass is 243 g/mol. The van der Waals surface area contributed by atoms with Crippen LogP contribution in [-0.2, 0) is 13.0 Å². The molecule has 0 saturated heterocycles. The molecule has 0 amide bonds. The summed E-state index contributed by atoms with van der Waals surface area (Å²) < 4.78 is 1.95. The molecule has 3 rings (SSSR count). The molecule has 0 radical (unpaired) electrons. The number of hydrogen-bond donors (Lipinski definition) is 2. The van der Waals surface area contributed by atoms with E-state index in [0.717, 1.165) is 31.3 Å². The van der Waals surface area contributed by atoms with Crippen molar-refractivity contribution in [1.29, 1.82) is 0 Å². The van der Waals surface area contributed by atoms with Gasteiger partial charge in [-0.25, -0.2) is 4.68 Å². The summed E-state index contributed by atoms with van der Waals surface area (Å²) in [4.78, 5) is 4.43. The smallest absolute Gasteiger partial charge is 0.221 e. The quantitative estimate of drug-likeness (QED) is 0.843. The van der Waals surface area contributed by atoms with Gasteiger partial charge in [0.25, 0.3) is 0 Å². The van der Waals surface area contributed by atoms with Crippen LogP contribution in [0.5, 0.6) is 0 Å². The average Bonchev–Trinajstić information content (AvgIpc) is 2.81. The highest BCUT2D eigenvalue weighted by Crippen LogP contribution is 2.23. The number of aromatic nitrogens is 3. The van der Waals surface area contributed by atoms with Gasteiger partial charge < -0.3 is 11.1 Å². The molecule has 3 N–H and O–H groups in total. The summed E-state index contributed by atoms with van der Waals surface area (Å²) in [6.45, 7) is 2.38. The van der Waals surface area contributed by atoms with Crippen LogP contribution >= 0.6 is 0 Å². The third kappa shape index (κ3) is 2.09. The third-order valence-electron chi connectivity index (χ3n) is 3.25. The molecule has 1 aliphatic heterocycles. The molecule has 94 valence electrons. The second-order valence-electron chi connectivity index (χ2n) is 4.56. The van der Waals surface area contributed by atoms with Crippen LogP contribution in [0.2, 0.25) is 0 Å². The van der Waals surface area contributed by atoms with E-state index in [0.29, 0.717) is 12.5 Å². The van der Waals surface area contributed by atoms with Crippen molar-refractivity contribution in [2.24, 2.45) is 5.73 Å². The van der Waals surface area contributed by atoms with E-state index in [1.54, 1.807) is 0 Å². The van der Waals surface area contributed by atoms with Crippen molar-refractivity contribution in [1.82, 2.24) is 14.8 Å². The van der Waals surface area contributed by atoms with E-state index in [9.17, 15) is 0 Å². The van der Waals surface area contributed by atoms with Crippen molar-refractivity contribution in [2.45, 2.75) is 18.9 Å². The van der Waals surface area contributed by atoms with E-state index in [1.807, 2.05) is 10.7 Å². The molecule has 5 nitrogen and oxygen atoms in total. The maximum atomic E-state index is 5.53. The van der Waals surface area contributed by atoms with Crippen LogP contribution in [0.15, 0.2) is 30.3 Å². The maximum absolute atomic E-state index is 5.53. The summed E-state index contributed by atoms with van der Waals surface area (Å²) in [5.74, 6) is 2.14. The summed E-state index contributed by atoms with van der Waals surface area (Å²) in [7, 11) is 0. The SMILES string of the molecule is NCCc1nc2n(n1)CC(c1ccccc1)CN2. The summed E-state index contributed by atoms with van der Waals surface area (Å²) in [5, 5.41) is 7.82. The first-order valence-corrected chi connectivity index (χ1v) is 6.29. The summed E-state index contributed by atoms with van der Waals surface area (Å²) in [5.41, 5.74) is 6.87. The molecule has 1 aliphatic rings. The number of nitrogens with zero attached hydrogens (tertiary/aromatic N) is 3. The van der Waals surface area contributed by atoms with Crippen molar-refractivity contribution >= 4 is 5.95 Å². The minimum Gasteiger partial charge on any atom is -0.354 e. The Balaban J connectivity index is 1.80. The van der Waals surface area contributed by atoms with Gasteiger partial charge in [0.05, 0.1) is 6.54 Å². The number of nitrogens with one attached hydrogen (secondary N) is 1. The summed E-state index contributed by atoms with van der Waals surface area (Å²) in [6.07, 6.45) is 0.734. The van der Waals surface area contributed by atoms with Crippen molar-refractivity contribution in [3.8, 4) is 0 Å². The number of benzene rings is 1. The second kappa shape index (κ2) is 4.78. The summed E-state index contributed by atoms with van der Waals surface area (Å²) in [6, 6.07) is 10.5. The van der Waals surface area contributed by atoms with Crippen LogP contribution in [0.1, 0.15) is 17.3 Å². The standard InChI is InChI=1S/C13H17N5/c14-7-6-12-16-13-15-8-11(9-18(13)17-12)10-4-2-1-3-5-10/h1-5,11H,6-9,14H2,(H,15,16,17). The highest BCUT2D eigenvalue weighted by atomic mass is 15.4. The summed E-state index contributed by atoms with van der Waals surface area (Å²) >= 11 is 0. The van der Waals surface area contributed by atoms with Gasteiger partial charge in [-0.15, -0.1) is 0 Å². The maximum Gasteiger partial charge on any atom is 0.221 e. The number of nitrogens with two attached hydrogens (primary N) is 1. The molecular formula is C13H17N5. The first-order valence-electron chi connectivity index (χ1n) is 6.29. The van der Waals surface area contributed by atoms with E-state index in [1.165, 1.54) is 5.56 Å². The molecular weight excluding hydrogens is 226 g/mol. The van der Waals surface area contributed by atoms with E-state index >= 15 is 0 Å². The van der Waals surface area contributed by atoms with Crippen LogP contribution in [0.3, 0.4) is 0 Å². The fourth-order valence-corrected chi connectivity index (χ4v) is 2.32. The molecule has 2 heterocycles. The largest absolute Gasteiger partial charge is 0.354 e. The molecule has 18 heavy (non-hydrogen) atoms. The Labute approximate surface area is 106 Å². The van der Waals surface area contributed by atoms with Gasteiger partial charge >= 0.3 is 0 Å². The minimum atomic E-state index is 0.450. The van der Waals surface area contributed by atoms with Gasteiger partial charge in [0, 0.05) is 18.9 Å². The van der Waals surface area contributed by atoms with Crippen LogP contribution in [0, 0.1) is 0 Å². The second-order valence-corrected chi connectivity index (χ2v) is 4.56. The molecule has 1 unspecified atom stereocenters. The topological polar surface area (TPSA) is 68.8 Å². The Hall–Kier alpha value is -1.88. The molecule has 0 spiro atoms. The molecule has 0 bridgehead atoms. The van der Waals surface area contributed by atoms with Gasteiger partial charge in [0.15, 0.2) is 5.82 Å². The Morgan fingerprint density at radius 3 is 2.94 bits per heavy atom.